The Balaban J connectivity index is 2.30. The van der Waals surface area contributed by atoms with Crippen LogP contribution in [0.15, 0.2) is 29.3 Å². The zero-order valence-electron chi connectivity index (χ0n) is 7.54. The molecule has 0 spiro atoms. The highest BCUT2D eigenvalue weighted by Gasteiger charge is 2.36. The molecule has 12 heavy (non-hydrogen) atoms. The van der Waals surface area contributed by atoms with Crippen molar-refractivity contribution in [3.05, 3.63) is 24.3 Å². The number of rotatable bonds is 1. The molecule has 2 unspecified atom stereocenters. The Hall–Kier alpha value is -1.05. The molecule has 1 N–H and O–H groups in total. The molecule has 0 aromatic carbocycles. The van der Waals surface area contributed by atoms with Crippen LogP contribution in [0.1, 0.15) is 20.3 Å². The second-order valence-electron chi connectivity index (χ2n) is 3.50. The highest BCUT2D eigenvalue weighted by Crippen LogP contribution is 2.27. The van der Waals surface area contributed by atoms with Crippen LogP contribution in [0.2, 0.25) is 0 Å². The molecule has 1 aliphatic carbocycles. The molecule has 2 aliphatic rings. The molecular weight excluding hydrogens is 148 g/mol. The van der Waals surface area contributed by atoms with Crippen molar-refractivity contribution in [3.63, 3.8) is 0 Å². The summed E-state index contributed by atoms with van der Waals surface area (Å²) in [6.07, 6.45) is 9.47. The molecule has 2 nitrogen and oxygen atoms in total. The summed E-state index contributed by atoms with van der Waals surface area (Å²) in [5, 5.41) is 3.40. The average molecular weight is 162 g/mol. The number of hydrogen-bond acceptors (Lipinski definition) is 2. The topological polar surface area (TPSA) is 24.4 Å². The van der Waals surface area contributed by atoms with Crippen molar-refractivity contribution in [2.24, 2.45) is 4.99 Å². The number of aliphatic imine (C=N–C) groups is 1. The predicted molar refractivity (Wildman–Crippen MR) is 51.3 cm³/mol. The van der Waals surface area contributed by atoms with E-state index in [4.69, 9.17) is 0 Å². The van der Waals surface area contributed by atoms with Gasteiger partial charge in [0.1, 0.15) is 5.54 Å². The molecule has 0 radical (unpaired) electrons. The summed E-state index contributed by atoms with van der Waals surface area (Å²) in [6.45, 7) is 4.28. The molecule has 64 valence electrons. The van der Waals surface area contributed by atoms with Crippen LogP contribution in [0.3, 0.4) is 0 Å². The van der Waals surface area contributed by atoms with Crippen LogP contribution in [0.5, 0.6) is 0 Å². The van der Waals surface area contributed by atoms with E-state index in [1.54, 1.807) is 0 Å². The Bertz CT molecular complexity index is 276. The maximum absolute atomic E-state index is 4.63. The number of nitrogens with one attached hydrogen (secondary N) is 1. The van der Waals surface area contributed by atoms with E-state index in [-0.39, 0.29) is 5.54 Å². The van der Waals surface area contributed by atoms with Crippen LogP contribution in [-0.2, 0) is 0 Å². The van der Waals surface area contributed by atoms with E-state index in [1.807, 2.05) is 0 Å². The van der Waals surface area contributed by atoms with Gasteiger partial charge in [-0.1, -0.05) is 31.2 Å². The van der Waals surface area contributed by atoms with E-state index in [1.165, 1.54) is 0 Å². The number of nitrogens with zero attached hydrogens (tertiary/aromatic N) is 1. The molecule has 0 aromatic heterocycles. The van der Waals surface area contributed by atoms with Crippen LogP contribution < -0.4 is 5.32 Å². The van der Waals surface area contributed by atoms with Gasteiger partial charge in [-0.15, -0.1) is 0 Å². The van der Waals surface area contributed by atoms with Gasteiger partial charge >= 0.3 is 0 Å². The molecule has 1 aliphatic heterocycles. The summed E-state index contributed by atoms with van der Waals surface area (Å²) in [4.78, 5) is 4.63. The first-order chi connectivity index (χ1) is 5.74. The third-order valence-electron chi connectivity index (χ3n) is 2.51. The van der Waals surface area contributed by atoms with Crippen molar-refractivity contribution in [2.45, 2.75) is 31.8 Å². The standard InChI is InChI=1S/C10H14N2/c1-3-9-11-8-6-4-5-7-10(8,2)12-9/h4-8H,3H2,1-2H3,(H,11,12). The maximum atomic E-state index is 4.63. The fourth-order valence-electron chi connectivity index (χ4n) is 1.71. The predicted octanol–water partition coefficient (Wildman–Crippen LogP) is 1.65. The largest absolute Gasteiger partial charge is 0.365 e. The monoisotopic (exact) mass is 162 g/mol. The van der Waals surface area contributed by atoms with Crippen LogP contribution in [0.25, 0.3) is 0 Å². The van der Waals surface area contributed by atoms with Crippen molar-refractivity contribution < 1.29 is 0 Å². The Morgan fingerprint density at radius 2 is 2.42 bits per heavy atom. The molecule has 0 amide bonds. The van der Waals surface area contributed by atoms with Gasteiger partial charge in [-0.25, -0.2) is 0 Å². The molecule has 0 saturated heterocycles. The van der Waals surface area contributed by atoms with Gasteiger partial charge in [-0.3, -0.25) is 4.99 Å². The average Bonchev–Trinajstić information content (AvgIpc) is 2.41. The number of hydrogen-bond donors (Lipinski definition) is 1. The molecule has 2 rings (SSSR count). The molecule has 1 heterocycles. The van der Waals surface area contributed by atoms with Crippen molar-refractivity contribution in [3.8, 4) is 0 Å². The maximum Gasteiger partial charge on any atom is 0.102 e. The third-order valence-corrected chi connectivity index (χ3v) is 2.51. The molecular formula is C10H14N2. The Labute approximate surface area is 73.1 Å². The molecule has 0 aromatic rings. The summed E-state index contributed by atoms with van der Waals surface area (Å²) in [5.41, 5.74) is -0.0277. The van der Waals surface area contributed by atoms with Gasteiger partial charge in [0.2, 0.25) is 0 Å². The van der Waals surface area contributed by atoms with Crippen LogP contribution >= 0.6 is 0 Å². The van der Waals surface area contributed by atoms with Gasteiger partial charge in [0.25, 0.3) is 0 Å². The Morgan fingerprint density at radius 1 is 1.58 bits per heavy atom. The lowest BCUT2D eigenvalue weighted by molar-refractivity contribution is 0.524. The summed E-state index contributed by atoms with van der Waals surface area (Å²) >= 11 is 0. The smallest absolute Gasteiger partial charge is 0.102 e. The van der Waals surface area contributed by atoms with Crippen molar-refractivity contribution in [1.29, 1.82) is 0 Å². The van der Waals surface area contributed by atoms with Crippen molar-refractivity contribution >= 4 is 5.84 Å². The van der Waals surface area contributed by atoms with Crippen LogP contribution in [-0.4, -0.2) is 17.4 Å². The lowest BCUT2D eigenvalue weighted by Gasteiger charge is -2.24. The molecule has 2 atom stereocenters. The van der Waals surface area contributed by atoms with Crippen LogP contribution in [0.4, 0.5) is 0 Å². The number of fused-ring (bicyclic) bond motifs is 1. The van der Waals surface area contributed by atoms with Crippen LogP contribution in [0, 0.1) is 0 Å². The normalized spacial score (nSPS) is 37.5. The van der Waals surface area contributed by atoms with Gasteiger partial charge in [0.15, 0.2) is 0 Å². The highest BCUT2D eigenvalue weighted by molar-refractivity contribution is 5.85. The van der Waals surface area contributed by atoms with Crippen molar-refractivity contribution in [1.82, 2.24) is 5.32 Å². The summed E-state index contributed by atoms with van der Waals surface area (Å²) in [7, 11) is 0. The summed E-state index contributed by atoms with van der Waals surface area (Å²) in [5.74, 6) is 1.12. The van der Waals surface area contributed by atoms with Gasteiger partial charge in [-0.05, 0) is 6.92 Å². The van der Waals surface area contributed by atoms with E-state index in [0.717, 1.165) is 12.3 Å². The van der Waals surface area contributed by atoms with E-state index in [2.05, 4.69) is 48.5 Å². The van der Waals surface area contributed by atoms with Gasteiger partial charge in [-0.2, -0.15) is 0 Å². The Kier molecular flexibility index (Phi) is 1.56. The SMILES string of the molecule is CCC1=NC2(C)C=CC=CC2N1. The lowest BCUT2D eigenvalue weighted by atomic mass is 9.90. The Morgan fingerprint density at radius 3 is 3.08 bits per heavy atom. The quantitative estimate of drug-likeness (QED) is 0.623. The first-order valence-electron chi connectivity index (χ1n) is 4.46. The van der Waals surface area contributed by atoms with E-state index < -0.39 is 0 Å². The lowest BCUT2D eigenvalue weighted by Crippen LogP contribution is -2.40. The highest BCUT2D eigenvalue weighted by atomic mass is 15.2. The fourth-order valence-corrected chi connectivity index (χ4v) is 1.71. The minimum absolute atomic E-state index is 0.0277. The zero-order valence-corrected chi connectivity index (χ0v) is 7.54. The summed E-state index contributed by atoms with van der Waals surface area (Å²) in [6, 6.07) is 0.373. The number of amidine groups is 1. The first kappa shape index (κ1) is 7.59. The minimum Gasteiger partial charge on any atom is -0.365 e. The molecule has 0 fully saturated rings. The molecule has 2 heteroatoms. The number of allylic oxidation sites excluding steroid dienone is 2. The molecule has 0 saturated carbocycles. The molecule has 0 bridgehead atoms. The zero-order chi connectivity index (χ0) is 8.60. The third kappa shape index (κ3) is 0.986. The van der Waals surface area contributed by atoms with Gasteiger partial charge < -0.3 is 5.32 Å². The van der Waals surface area contributed by atoms with E-state index in [0.29, 0.717) is 6.04 Å². The fraction of sp³-hybridized carbons (Fsp3) is 0.500. The van der Waals surface area contributed by atoms with Gasteiger partial charge in [0.05, 0.1) is 11.9 Å². The summed E-state index contributed by atoms with van der Waals surface area (Å²) < 4.78 is 0. The minimum atomic E-state index is -0.0277. The van der Waals surface area contributed by atoms with Crippen molar-refractivity contribution in [2.75, 3.05) is 0 Å². The van der Waals surface area contributed by atoms with E-state index in [9.17, 15) is 0 Å². The first-order valence-corrected chi connectivity index (χ1v) is 4.46. The van der Waals surface area contributed by atoms with Gasteiger partial charge in [0, 0.05) is 6.42 Å². The van der Waals surface area contributed by atoms with E-state index >= 15 is 0 Å². The second kappa shape index (κ2) is 2.47. The second-order valence-corrected chi connectivity index (χ2v) is 3.50.